The number of carbonyl (C=O) groups is 2. The molecule has 0 heterocycles. The summed E-state index contributed by atoms with van der Waals surface area (Å²) in [4.78, 5) is 21.2. The van der Waals surface area contributed by atoms with Crippen LogP contribution in [0.25, 0.3) is 0 Å². The molecule has 0 unspecified atom stereocenters. The first-order chi connectivity index (χ1) is 6.61. The second kappa shape index (κ2) is 4.19. The van der Waals surface area contributed by atoms with E-state index < -0.39 is 16.6 Å². The Morgan fingerprint density at radius 1 is 1.57 bits per heavy atom. The van der Waals surface area contributed by atoms with Gasteiger partial charge in [0.05, 0.1) is 12.7 Å². The minimum atomic E-state index is -0.997. The standard InChI is InChI=1S/C9H6ClFO3/c1-14-6-3-2-5(4-12)8(11)7(6)9(10)13/h2-4H,1H3. The fraction of sp³-hybridized carbons (Fsp3) is 0.111. The smallest absolute Gasteiger partial charge is 0.259 e. The molecule has 0 amide bonds. The lowest BCUT2D eigenvalue weighted by atomic mass is 10.1. The molecule has 1 rings (SSSR count). The fourth-order valence-corrected chi connectivity index (χ4v) is 1.19. The minimum Gasteiger partial charge on any atom is -0.496 e. The molecule has 0 aliphatic heterocycles. The van der Waals surface area contributed by atoms with Gasteiger partial charge in [0.15, 0.2) is 6.29 Å². The van der Waals surface area contributed by atoms with E-state index in [4.69, 9.17) is 16.3 Å². The number of aldehydes is 1. The third kappa shape index (κ3) is 1.75. The molecule has 3 nitrogen and oxygen atoms in total. The van der Waals surface area contributed by atoms with Crippen molar-refractivity contribution in [3.8, 4) is 5.75 Å². The number of rotatable bonds is 3. The molecule has 0 radical (unpaired) electrons. The molecule has 0 saturated heterocycles. The van der Waals surface area contributed by atoms with Crippen LogP contribution in [0.15, 0.2) is 12.1 Å². The van der Waals surface area contributed by atoms with Gasteiger partial charge in [-0.3, -0.25) is 9.59 Å². The molecule has 0 aliphatic carbocycles. The maximum absolute atomic E-state index is 13.4. The van der Waals surface area contributed by atoms with Crippen LogP contribution in [-0.4, -0.2) is 18.6 Å². The molecule has 0 saturated carbocycles. The SMILES string of the molecule is COc1ccc(C=O)c(F)c1C(=O)Cl. The van der Waals surface area contributed by atoms with Crippen LogP contribution < -0.4 is 4.74 Å². The van der Waals surface area contributed by atoms with Gasteiger partial charge in [0, 0.05) is 0 Å². The average molecular weight is 217 g/mol. The molecule has 0 bridgehead atoms. The second-order valence-corrected chi connectivity index (χ2v) is 2.78. The van der Waals surface area contributed by atoms with Gasteiger partial charge in [0.2, 0.25) is 0 Å². The van der Waals surface area contributed by atoms with Crippen LogP contribution in [0.1, 0.15) is 20.7 Å². The Balaban J connectivity index is 3.46. The van der Waals surface area contributed by atoms with E-state index >= 15 is 0 Å². The van der Waals surface area contributed by atoms with Crippen LogP contribution in [0.3, 0.4) is 0 Å². The van der Waals surface area contributed by atoms with Crippen molar-refractivity contribution in [2.45, 2.75) is 0 Å². The van der Waals surface area contributed by atoms with Gasteiger partial charge >= 0.3 is 0 Å². The molecule has 1 aromatic carbocycles. The molecule has 0 N–H and O–H groups in total. The Bertz CT molecular complexity index is 390. The number of benzene rings is 1. The Labute approximate surface area is 84.4 Å². The molecule has 0 aliphatic rings. The first kappa shape index (κ1) is 10.7. The monoisotopic (exact) mass is 216 g/mol. The summed E-state index contributed by atoms with van der Waals surface area (Å²) in [7, 11) is 1.28. The van der Waals surface area contributed by atoms with Crippen molar-refractivity contribution in [2.24, 2.45) is 0 Å². The lowest BCUT2D eigenvalue weighted by Gasteiger charge is -2.06. The maximum Gasteiger partial charge on any atom is 0.259 e. The first-order valence-corrected chi connectivity index (χ1v) is 4.01. The van der Waals surface area contributed by atoms with Crippen molar-refractivity contribution in [1.29, 1.82) is 0 Å². The summed E-state index contributed by atoms with van der Waals surface area (Å²) in [6, 6.07) is 2.52. The summed E-state index contributed by atoms with van der Waals surface area (Å²) >= 11 is 5.15. The molecule has 14 heavy (non-hydrogen) atoms. The highest BCUT2D eigenvalue weighted by Gasteiger charge is 2.18. The van der Waals surface area contributed by atoms with Crippen molar-refractivity contribution >= 4 is 23.1 Å². The van der Waals surface area contributed by atoms with Crippen molar-refractivity contribution in [3.05, 3.63) is 29.1 Å². The summed E-state index contributed by atoms with van der Waals surface area (Å²) in [5.74, 6) is -0.951. The second-order valence-electron chi connectivity index (χ2n) is 2.44. The van der Waals surface area contributed by atoms with E-state index in [-0.39, 0.29) is 11.3 Å². The zero-order valence-corrected chi connectivity index (χ0v) is 7.97. The molecule has 0 aromatic heterocycles. The summed E-state index contributed by atoms with van der Waals surface area (Å²) in [5, 5.41) is -0.997. The maximum atomic E-state index is 13.4. The Kier molecular flexibility index (Phi) is 3.19. The van der Waals surface area contributed by atoms with E-state index in [0.717, 1.165) is 0 Å². The predicted octanol–water partition coefficient (Wildman–Crippen LogP) is 2.03. The number of hydrogen-bond acceptors (Lipinski definition) is 3. The van der Waals surface area contributed by atoms with E-state index in [1.807, 2.05) is 0 Å². The topological polar surface area (TPSA) is 43.4 Å². The third-order valence-corrected chi connectivity index (χ3v) is 1.87. The number of halogens is 2. The van der Waals surface area contributed by atoms with Crippen LogP contribution >= 0.6 is 11.6 Å². The molecule has 0 fully saturated rings. The molecule has 5 heteroatoms. The minimum absolute atomic E-state index is 0.00750. The Morgan fingerprint density at radius 3 is 2.64 bits per heavy atom. The van der Waals surface area contributed by atoms with E-state index in [2.05, 4.69) is 0 Å². The molecular weight excluding hydrogens is 211 g/mol. The van der Waals surface area contributed by atoms with Gasteiger partial charge in [-0.1, -0.05) is 0 Å². The lowest BCUT2D eigenvalue weighted by molar-refractivity contribution is 0.107. The largest absolute Gasteiger partial charge is 0.496 e. The summed E-state index contributed by atoms with van der Waals surface area (Å²) in [5.41, 5.74) is -0.645. The van der Waals surface area contributed by atoms with Crippen molar-refractivity contribution in [2.75, 3.05) is 7.11 Å². The van der Waals surface area contributed by atoms with Crippen LogP contribution in [0.2, 0.25) is 0 Å². The highest BCUT2D eigenvalue weighted by atomic mass is 35.5. The highest BCUT2D eigenvalue weighted by Crippen LogP contribution is 2.25. The van der Waals surface area contributed by atoms with Crippen molar-refractivity contribution in [1.82, 2.24) is 0 Å². The van der Waals surface area contributed by atoms with E-state index in [1.165, 1.54) is 19.2 Å². The summed E-state index contributed by atoms with van der Waals surface area (Å²) in [6.07, 6.45) is 0.304. The normalized spacial score (nSPS) is 9.64. The molecular formula is C9H6ClFO3. The Morgan fingerprint density at radius 2 is 2.21 bits per heavy atom. The summed E-state index contributed by atoms with van der Waals surface area (Å²) in [6.45, 7) is 0. The van der Waals surface area contributed by atoms with Gasteiger partial charge < -0.3 is 4.74 Å². The fourth-order valence-electron chi connectivity index (χ4n) is 1.02. The Hall–Kier alpha value is -1.42. The van der Waals surface area contributed by atoms with Crippen LogP contribution in [-0.2, 0) is 0 Å². The van der Waals surface area contributed by atoms with Crippen LogP contribution in [0, 0.1) is 5.82 Å². The van der Waals surface area contributed by atoms with Gasteiger partial charge in [-0.05, 0) is 23.7 Å². The first-order valence-electron chi connectivity index (χ1n) is 3.63. The lowest BCUT2D eigenvalue weighted by Crippen LogP contribution is -2.02. The number of carbonyl (C=O) groups excluding carboxylic acids is 2. The average Bonchev–Trinajstić information content (AvgIpc) is 2.16. The zero-order chi connectivity index (χ0) is 10.7. The van der Waals surface area contributed by atoms with Crippen molar-refractivity contribution in [3.63, 3.8) is 0 Å². The summed E-state index contributed by atoms with van der Waals surface area (Å²) < 4.78 is 18.1. The molecule has 1 aromatic rings. The predicted molar refractivity (Wildman–Crippen MR) is 48.5 cm³/mol. The zero-order valence-electron chi connectivity index (χ0n) is 7.21. The number of hydrogen-bond donors (Lipinski definition) is 0. The van der Waals surface area contributed by atoms with Crippen LogP contribution in [0.4, 0.5) is 4.39 Å². The number of methoxy groups -OCH3 is 1. The molecule has 0 spiro atoms. The van der Waals surface area contributed by atoms with Crippen LogP contribution in [0.5, 0.6) is 5.75 Å². The van der Waals surface area contributed by atoms with Crippen molar-refractivity contribution < 1.29 is 18.7 Å². The van der Waals surface area contributed by atoms with Gasteiger partial charge in [0.25, 0.3) is 5.24 Å². The van der Waals surface area contributed by atoms with Gasteiger partial charge in [-0.25, -0.2) is 4.39 Å². The third-order valence-electron chi connectivity index (χ3n) is 1.68. The quantitative estimate of drug-likeness (QED) is 0.574. The molecule has 74 valence electrons. The van der Waals surface area contributed by atoms with E-state index in [0.29, 0.717) is 6.29 Å². The van der Waals surface area contributed by atoms with E-state index in [1.54, 1.807) is 0 Å². The van der Waals surface area contributed by atoms with E-state index in [9.17, 15) is 14.0 Å². The highest BCUT2D eigenvalue weighted by molar-refractivity contribution is 6.68. The van der Waals surface area contributed by atoms with Gasteiger partial charge in [-0.15, -0.1) is 0 Å². The number of ether oxygens (including phenoxy) is 1. The van der Waals surface area contributed by atoms with Gasteiger partial charge in [0.1, 0.15) is 17.1 Å². The molecule has 0 atom stereocenters. The van der Waals surface area contributed by atoms with Gasteiger partial charge in [-0.2, -0.15) is 0 Å².